The molecule has 5 heteroatoms. The molecule has 0 radical (unpaired) electrons. The van der Waals surface area contributed by atoms with Crippen LogP contribution in [0.5, 0.6) is 0 Å². The van der Waals surface area contributed by atoms with Crippen molar-refractivity contribution in [1.82, 2.24) is 20.4 Å². The highest BCUT2D eigenvalue weighted by Crippen LogP contribution is 2.17. The highest BCUT2D eigenvalue weighted by Gasteiger charge is 2.17. The molecular formula is C22H30N4O. The zero-order valence-corrected chi connectivity index (χ0v) is 16.3. The third kappa shape index (κ3) is 5.81. The summed E-state index contributed by atoms with van der Waals surface area (Å²) in [6.07, 6.45) is 1.08. The number of rotatable bonds is 7. The third-order valence-corrected chi connectivity index (χ3v) is 4.98. The number of nitrogens with one attached hydrogen (secondary N) is 2. The second-order valence-electron chi connectivity index (χ2n) is 7.42. The second kappa shape index (κ2) is 9.53. The van der Waals surface area contributed by atoms with Crippen molar-refractivity contribution in [3.8, 4) is 0 Å². The van der Waals surface area contributed by atoms with E-state index >= 15 is 0 Å². The van der Waals surface area contributed by atoms with E-state index in [-0.39, 0.29) is 12.1 Å². The third-order valence-electron chi connectivity index (χ3n) is 4.98. The maximum absolute atomic E-state index is 12.4. The number of fused-ring (bicyclic) bond motifs is 1. The van der Waals surface area contributed by atoms with Gasteiger partial charge >= 0.3 is 6.03 Å². The molecule has 2 N–H and O–H groups in total. The Morgan fingerprint density at radius 1 is 1.07 bits per heavy atom. The van der Waals surface area contributed by atoms with Gasteiger partial charge in [0, 0.05) is 32.7 Å². The molecule has 1 aliphatic heterocycles. The van der Waals surface area contributed by atoms with E-state index in [1.807, 2.05) is 32.3 Å². The highest BCUT2D eigenvalue weighted by molar-refractivity contribution is 5.74. The predicted octanol–water partition coefficient (Wildman–Crippen LogP) is 2.65. The van der Waals surface area contributed by atoms with E-state index in [1.165, 1.54) is 11.1 Å². The van der Waals surface area contributed by atoms with E-state index in [4.69, 9.17) is 0 Å². The maximum atomic E-state index is 12.4. The Morgan fingerprint density at radius 3 is 2.52 bits per heavy atom. The molecule has 1 heterocycles. The molecule has 0 saturated carbocycles. The molecule has 0 aliphatic carbocycles. The molecule has 0 spiro atoms. The van der Waals surface area contributed by atoms with Crippen LogP contribution in [0.25, 0.3) is 0 Å². The van der Waals surface area contributed by atoms with Gasteiger partial charge in [0.05, 0.1) is 6.04 Å². The lowest BCUT2D eigenvalue weighted by Gasteiger charge is -2.29. The lowest BCUT2D eigenvalue weighted by Crippen LogP contribution is -2.44. The molecule has 2 aromatic rings. The number of carbonyl (C=O) groups excluding carboxylic acids is 1. The van der Waals surface area contributed by atoms with Crippen LogP contribution in [0.4, 0.5) is 4.79 Å². The Balaban J connectivity index is 1.46. The molecule has 0 fully saturated rings. The van der Waals surface area contributed by atoms with Crippen LogP contribution in [0.1, 0.15) is 22.7 Å². The topological polar surface area (TPSA) is 47.6 Å². The molecule has 1 unspecified atom stereocenters. The minimum absolute atomic E-state index is 0.0249. The maximum Gasteiger partial charge on any atom is 0.315 e. The van der Waals surface area contributed by atoms with Crippen molar-refractivity contribution in [1.29, 1.82) is 0 Å². The lowest BCUT2D eigenvalue weighted by atomic mass is 10.00. The fraction of sp³-hybridized carbons (Fsp3) is 0.409. The van der Waals surface area contributed by atoms with Gasteiger partial charge in [-0.25, -0.2) is 4.79 Å². The molecule has 1 atom stereocenters. The average molecular weight is 367 g/mol. The molecule has 1 aliphatic rings. The van der Waals surface area contributed by atoms with Crippen LogP contribution in [-0.4, -0.2) is 56.1 Å². The Morgan fingerprint density at radius 2 is 1.78 bits per heavy atom. The van der Waals surface area contributed by atoms with Crippen LogP contribution in [0.15, 0.2) is 54.6 Å². The summed E-state index contributed by atoms with van der Waals surface area (Å²) >= 11 is 0. The van der Waals surface area contributed by atoms with E-state index in [2.05, 4.69) is 56.8 Å². The van der Waals surface area contributed by atoms with Gasteiger partial charge in [0.2, 0.25) is 0 Å². The molecule has 144 valence electrons. The molecule has 3 rings (SSSR count). The Hall–Kier alpha value is -2.37. The first kappa shape index (κ1) is 19.4. The molecule has 0 saturated heterocycles. The van der Waals surface area contributed by atoms with Crippen LogP contribution < -0.4 is 10.6 Å². The largest absolute Gasteiger partial charge is 0.337 e. The number of amides is 2. The summed E-state index contributed by atoms with van der Waals surface area (Å²) in [5, 5.41) is 6.12. The minimum Gasteiger partial charge on any atom is -0.337 e. The van der Waals surface area contributed by atoms with Crippen LogP contribution >= 0.6 is 0 Å². The van der Waals surface area contributed by atoms with Crippen molar-refractivity contribution >= 4 is 6.03 Å². The van der Waals surface area contributed by atoms with Crippen molar-refractivity contribution in [2.45, 2.75) is 19.0 Å². The van der Waals surface area contributed by atoms with Crippen LogP contribution in [0, 0.1) is 0 Å². The van der Waals surface area contributed by atoms with Crippen molar-refractivity contribution in [2.24, 2.45) is 0 Å². The molecule has 0 aromatic heterocycles. The first-order valence-corrected chi connectivity index (χ1v) is 9.65. The normalized spacial score (nSPS) is 15.2. The summed E-state index contributed by atoms with van der Waals surface area (Å²) in [7, 11) is 4.04. The summed E-state index contributed by atoms with van der Waals surface area (Å²) in [5.41, 5.74) is 3.98. The first-order valence-electron chi connectivity index (χ1n) is 9.65. The SMILES string of the molecule is CN(C)CC(NC(=O)NCCN1CCc2ccccc2C1)c1ccccc1. The van der Waals surface area contributed by atoms with E-state index in [0.717, 1.165) is 38.2 Å². The average Bonchev–Trinajstić information content (AvgIpc) is 2.68. The highest BCUT2D eigenvalue weighted by atomic mass is 16.2. The van der Waals surface area contributed by atoms with Crippen molar-refractivity contribution in [3.05, 3.63) is 71.3 Å². The standard InChI is InChI=1S/C22H30N4O/c1-25(2)17-21(19-9-4-3-5-10-19)24-22(27)23-13-15-26-14-12-18-8-6-7-11-20(18)16-26/h3-11,21H,12-17H2,1-2H3,(H2,23,24,27). The molecule has 27 heavy (non-hydrogen) atoms. The minimum atomic E-state index is -0.108. The number of hydrogen-bond donors (Lipinski definition) is 2. The Kier molecular flexibility index (Phi) is 6.85. The monoisotopic (exact) mass is 366 g/mol. The van der Waals surface area contributed by atoms with Crippen LogP contribution in [0.2, 0.25) is 0 Å². The quantitative estimate of drug-likeness (QED) is 0.792. The molecular weight excluding hydrogens is 336 g/mol. The lowest BCUT2D eigenvalue weighted by molar-refractivity contribution is 0.224. The van der Waals surface area contributed by atoms with Gasteiger partial charge in [-0.3, -0.25) is 4.90 Å². The molecule has 0 bridgehead atoms. The van der Waals surface area contributed by atoms with E-state index < -0.39 is 0 Å². The number of hydrogen-bond acceptors (Lipinski definition) is 3. The first-order chi connectivity index (χ1) is 13.1. The predicted molar refractivity (Wildman–Crippen MR) is 110 cm³/mol. The van der Waals surface area contributed by atoms with E-state index in [0.29, 0.717) is 6.54 Å². The summed E-state index contributed by atoms with van der Waals surface area (Å²) in [6, 6.07) is 18.6. The number of nitrogens with zero attached hydrogens (tertiary/aromatic N) is 2. The summed E-state index contributed by atoms with van der Waals surface area (Å²) in [6.45, 7) is 4.30. The van der Waals surface area contributed by atoms with E-state index in [9.17, 15) is 4.79 Å². The number of likely N-dealkylation sites (N-methyl/N-ethyl adjacent to an activating group) is 1. The Bertz CT molecular complexity index is 732. The zero-order chi connectivity index (χ0) is 19.1. The van der Waals surface area contributed by atoms with Gasteiger partial charge in [0.25, 0.3) is 0 Å². The van der Waals surface area contributed by atoms with Crippen molar-refractivity contribution in [3.63, 3.8) is 0 Å². The summed E-state index contributed by atoms with van der Waals surface area (Å²) < 4.78 is 0. The molecule has 5 nitrogen and oxygen atoms in total. The fourth-order valence-electron chi connectivity index (χ4n) is 3.57. The Labute approximate surface area is 162 Å². The van der Waals surface area contributed by atoms with Crippen LogP contribution in [-0.2, 0) is 13.0 Å². The smallest absolute Gasteiger partial charge is 0.315 e. The zero-order valence-electron chi connectivity index (χ0n) is 16.3. The summed E-state index contributed by atoms with van der Waals surface area (Å²) in [4.78, 5) is 16.9. The van der Waals surface area contributed by atoms with Gasteiger partial charge in [-0.2, -0.15) is 0 Å². The van der Waals surface area contributed by atoms with E-state index in [1.54, 1.807) is 0 Å². The van der Waals surface area contributed by atoms with Gasteiger partial charge in [-0.1, -0.05) is 54.6 Å². The fourth-order valence-corrected chi connectivity index (χ4v) is 3.57. The van der Waals surface area contributed by atoms with Crippen molar-refractivity contribution < 1.29 is 4.79 Å². The summed E-state index contributed by atoms with van der Waals surface area (Å²) in [5.74, 6) is 0. The van der Waals surface area contributed by atoms with Gasteiger partial charge < -0.3 is 15.5 Å². The van der Waals surface area contributed by atoms with Crippen LogP contribution in [0.3, 0.4) is 0 Å². The van der Waals surface area contributed by atoms with Gasteiger partial charge in [0.15, 0.2) is 0 Å². The van der Waals surface area contributed by atoms with Crippen molar-refractivity contribution in [2.75, 3.05) is 40.3 Å². The second-order valence-corrected chi connectivity index (χ2v) is 7.42. The van der Waals surface area contributed by atoms with Gasteiger partial charge in [-0.05, 0) is 37.2 Å². The van der Waals surface area contributed by atoms with Gasteiger partial charge in [0.1, 0.15) is 0 Å². The number of benzene rings is 2. The molecule has 2 amide bonds. The number of carbonyl (C=O) groups is 1. The number of urea groups is 1. The van der Waals surface area contributed by atoms with Gasteiger partial charge in [-0.15, -0.1) is 0 Å². The molecule has 2 aromatic carbocycles.